The first-order chi connectivity index (χ1) is 10.9. The summed E-state index contributed by atoms with van der Waals surface area (Å²) in [5.74, 6) is 0.550. The molecular formula is C16H18FNO4S. The first-order valence-electron chi connectivity index (χ1n) is 6.86. The Bertz CT molecular complexity index is 760. The van der Waals surface area contributed by atoms with Gasteiger partial charge in [0.1, 0.15) is 17.3 Å². The van der Waals surface area contributed by atoms with E-state index in [1.807, 2.05) is 0 Å². The number of benzene rings is 2. The van der Waals surface area contributed by atoms with Crippen molar-refractivity contribution in [3.8, 4) is 11.5 Å². The maximum Gasteiger partial charge on any atom is 0.216 e. The van der Waals surface area contributed by atoms with Crippen LogP contribution in [0.3, 0.4) is 0 Å². The Morgan fingerprint density at radius 1 is 1.04 bits per heavy atom. The standard InChI is InChI=1S/C16H18FNO4S/c1-21-15-7-8-16(22-2)13(9-15)10-18-23(19,20)11-12-3-5-14(17)6-4-12/h3-9,18H,10-11H2,1-2H3. The van der Waals surface area contributed by atoms with Crippen molar-refractivity contribution in [2.45, 2.75) is 12.3 Å². The summed E-state index contributed by atoms with van der Waals surface area (Å²) < 4.78 is 50.0. The van der Waals surface area contributed by atoms with Crippen molar-refractivity contribution in [2.24, 2.45) is 0 Å². The molecule has 0 atom stereocenters. The molecule has 0 spiro atoms. The fourth-order valence-corrected chi connectivity index (χ4v) is 3.17. The van der Waals surface area contributed by atoms with Gasteiger partial charge in [-0.25, -0.2) is 17.5 Å². The molecule has 0 aliphatic carbocycles. The number of hydrogen-bond donors (Lipinski definition) is 1. The van der Waals surface area contributed by atoms with Gasteiger partial charge >= 0.3 is 0 Å². The van der Waals surface area contributed by atoms with E-state index in [-0.39, 0.29) is 12.3 Å². The average molecular weight is 339 g/mol. The summed E-state index contributed by atoms with van der Waals surface area (Å²) in [7, 11) is -0.515. The number of nitrogens with one attached hydrogen (secondary N) is 1. The average Bonchev–Trinajstić information content (AvgIpc) is 2.54. The van der Waals surface area contributed by atoms with Crippen molar-refractivity contribution >= 4 is 10.0 Å². The second kappa shape index (κ2) is 7.43. The Morgan fingerprint density at radius 3 is 2.35 bits per heavy atom. The molecule has 2 rings (SSSR count). The minimum atomic E-state index is -3.56. The maximum atomic E-state index is 12.9. The molecule has 5 nitrogen and oxygen atoms in total. The molecule has 0 aliphatic heterocycles. The van der Waals surface area contributed by atoms with Gasteiger partial charge in [-0.2, -0.15) is 0 Å². The second-order valence-electron chi connectivity index (χ2n) is 4.88. The van der Waals surface area contributed by atoms with Gasteiger partial charge in [0.25, 0.3) is 0 Å². The molecule has 0 saturated heterocycles. The van der Waals surface area contributed by atoms with E-state index < -0.39 is 15.8 Å². The minimum Gasteiger partial charge on any atom is -0.497 e. The number of sulfonamides is 1. The third kappa shape index (κ3) is 4.94. The van der Waals surface area contributed by atoms with Gasteiger partial charge in [0.2, 0.25) is 10.0 Å². The summed E-state index contributed by atoms with van der Waals surface area (Å²) in [6.45, 7) is 0.0733. The van der Waals surface area contributed by atoms with E-state index in [0.717, 1.165) is 0 Å². The zero-order valence-electron chi connectivity index (χ0n) is 12.9. The van der Waals surface area contributed by atoms with Crippen LogP contribution in [0.2, 0.25) is 0 Å². The van der Waals surface area contributed by atoms with E-state index in [0.29, 0.717) is 22.6 Å². The summed E-state index contributed by atoms with van der Waals surface area (Å²) in [6, 6.07) is 10.5. The Hall–Kier alpha value is -2.12. The van der Waals surface area contributed by atoms with E-state index in [1.54, 1.807) is 18.2 Å². The van der Waals surface area contributed by atoms with Gasteiger partial charge in [0.15, 0.2) is 0 Å². The third-order valence-corrected chi connectivity index (χ3v) is 4.54. The van der Waals surface area contributed by atoms with Gasteiger partial charge in [0, 0.05) is 12.1 Å². The van der Waals surface area contributed by atoms with E-state index in [4.69, 9.17) is 9.47 Å². The highest BCUT2D eigenvalue weighted by molar-refractivity contribution is 7.88. The van der Waals surface area contributed by atoms with Crippen molar-refractivity contribution in [1.29, 1.82) is 0 Å². The molecule has 7 heteroatoms. The number of methoxy groups -OCH3 is 2. The summed E-state index contributed by atoms with van der Waals surface area (Å²) in [6.07, 6.45) is 0. The number of halogens is 1. The fourth-order valence-electron chi connectivity index (χ4n) is 2.06. The van der Waals surface area contributed by atoms with E-state index >= 15 is 0 Å². The molecule has 0 bridgehead atoms. The predicted octanol–water partition coefficient (Wildman–Crippen LogP) is 2.46. The van der Waals surface area contributed by atoms with Crippen LogP contribution in [0, 0.1) is 5.82 Å². The van der Waals surface area contributed by atoms with Crippen LogP contribution in [0.25, 0.3) is 0 Å². The fraction of sp³-hybridized carbons (Fsp3) is 0.250. The molecule has 0 aromatic heterocycles. The van der Waals surface area contributed by atoms with Gasteiger partial charge in [0.05, 0.1) is 20.0 Å². The molecule has 0 radical (unpaired) electrons. The lowest BCUT2D eigenvalue weighted by atomic mass is 10.2. The Labute approximate surface area is 135 Å². The van der Waals surface area contributed by atoms with Crippen LogP contribution in [0.1, 0.15) is 11.1 Å². The molecule has 124 valence electrons. The van der Waals surface area contributed by atoms with Crippen LogP contribution in [-0.2, 0) is 22.3 Å². The monoisotopic (exact) mass is 339 g/mol. The summed E-state index contributed by atoms with van der Waals surface area (Å²) in [5.41, 5.74) is 1.17. The molecule has 0 aliphatic rings. The lowest BCUT2D eigenvalue weighted by Crippen LogP contribution is -2.25. The molecule has 1 N–H and O–H groups in total. The minimum absolute atomic E-state index is 0.0733. The predicted molar refractivity (Wildman–Crippen MR) is 85.4 cm³/mol. The lowest BCUT2D eigenvalue weighted by Gasteiger charge is -2.12. The summed E-state index contributed by atoms with van der Waals surface area (Å²) in [5, 5.41) is 0. The maximum absolute atomic E-state index is 12.9. The molecule has 2 aromatic rings. The molecule has 0 unspecified atom stereocenters. The van der Waals surface area contributed by atoms with Crippen LogP contribution in [0.15, 0.2) is 42.5 Å². The normalized spacial score (nSPS) is 11.3. The number of hydrogen-bond acceptors (Lipinski definition) is 4. The quantitative estimate of drug-likeness (QED) is 0.842. The highest BCUT2D eigenvalue weighted by atomic mass is 32.2. The highest BCUT2D eigenvalue weighted by Crippen LogP contribution is 2.24. The molecule has 0 heterocycles. The third-order valence-electron chi connectivity index (χ3n) is 3.24. The van der Waals surface area contributed by atoms with Crippen LogP contribution in [0.4, 0.5) is 4.39 Å². The van der Waals surface area contributed by atoms with E-state index in [2.05, 4.69) is 4.72 Å². The van der Waals surface area contributed by atoms with Crippen LogP contribution in [0.5, 0.6) is 11.5 Å². The number of ether oxygens (including phenoxy) is 2. The van der Waals surface area contributed by atoms with Gasteiger partial charge in [-0.05, 0) is 35.9 Å². The summed E-state index contributed by atoms with van der Waals surface area (Å²) >= 11 is 0. The van der Waals surface area contributed by atoms with Crippen molar-refractivity contribution in [3.05, 3.63) is 59.4 Å². The van der Waals surface area contributed by atoms with Gasteiger partial charge in [-0.3, -0.25) is 0 Å². The van der Waals surface area contributed by atoms with Crippen molar-refractivity contribution in [1.82, 2.24) is 4.72 Å². The number of rotatable bonds is 7. The topological polar surface area (TPSA) is 64.6 Å². The lowest BCUT2D eigenvalue weighted by molar-refractivity contribution is 0.398. The zero-order chi connectivity index (χ0) is 16.9. The zero-order valence-corrected chi connectivity index (χ0v) is 13.7. The molecule has 2 aromatic carbocycles. The largest absolute Gasteiger partial charge is 0.497 e. The van der Waals surface area contributed by atoms with Crippen LogP contribution >= 0.6 is 0 Å². The smallest absolute Gasteiger partial charge is 0.216 e. The Kier molecular flexibility index (Phi) is 5.57. The van der Waals surface area contributed by atoms with Crippen molar-refractivity contribution < 1.29 is 22.3 Å². The molecule has 0 amide bonds. The first kappa shape index (κ1) is 17.2. The first-order valence-corrected chi connectivity index (χ1v) is 8.51. The van der Waals surface area contributed by atoms with Crippen molar-refractivity contribution in [3.63, 3.8) is 0 Å². The van der Waals surface area contributed by atoms with Crippen LogP contribution < -0.4 is 14.2 Å². The highest BCUT2D eigenvalue weighted by Gasteiger charge is 2.13. The van der Waals surface area contributed by atoms with Gasteiger partial charge < -0.3 is 9.47 Å². The van der Waals surface area contributed by atoms with Gasteiger partial charge in [-0.15, -0.1) is 0 Å². The van der Waals surface area contributed by atoms with E-state index in [9.17, 15) is 12.8 Å². The van der Waals surface area contributed by atoms with Crippen LogP contribution in [-0.4, -0.2) is 22.6 Å². The Balaban J connectivity index is 2.08. The molecular weight excluding hydrogens is 321 g/mol. The second-order valence-corrected chi connectivity index (χ2v) is 6.69. The molecule has 0 fully saturated rings. The Morgan fingerprint density at radius 2 is 1.74 bits per heavy atom. The molecule has 0 saturated carbocycles. The van der Waals surface area contributed by atoms with Gasteiger partial charge in [-0.1, -0.05) is 12.1 Å². The van der Waals surface area contributed by atoms with E-state index in [1.165, 1.54) is 38.5 Å². The SMILES string of the molecule is COc1ccc(OC)c(CNS(=O)(=O)Cc2ccc(F)cc2)c1. The molecule has 23 heavy (non-hydrogen) atoms. The van der Waals surface area contributed by atoms with Crippen molar-refractivity contribution in [2.75, 3.05) is 14.2 Å². The summed E-state index contributed by atoms with van der Waals surface area (Å²) in [4.78, 5) is 0.